The molecule has 1 heterocycles. The molecular formula is C11H19NO4. The summed E-state index contributed by atoms with van der Waals surface area (Å²) in [7, 11) is 0. The zero-order chi connectivity index (χ0) is 12.0. The highest BCUT2D eigenvalue weighted by Gasteiger charge is 2.29. The van der Waals surface area contributed by atoms with E-state index >= 15 is 0 Å². The van der Waals surface area contributed by atoms with Crippen molar-refractivity contribution in [1.29, 1.82) is 0 Å². The third-order valence-corrected chi connectivity index (χ3v) is 2.79. The lowest BCUT2D eigenvalue weighted by atomic mass is 10.0. The van der Waals surface area contributed by atoms with Crippen LogP contribution >= 0.6 is 0 Å². The second kappa shape index (κ2) is 6.48. The summed E-state index contributed by atoms with van der Waals surface area (Å²) in [5.41, 5.74) is 0. The van der Waals surface area contributed by atoms with Crippen molar-refractivity contribution in [2.24, 2.45) is 0 Å². The van der Waals surface area contributed by atoms with E-state index < -0.39 is 5.97 Å². The first-order valence-electron chi connectivity index (χ1n) is 5.77. The summed E-state index contributed by atoms with van der Waals surface area (Å²) in [6.45, 7) is 3.37. The number of carboxylic acids is 1. The fourth-order valence-electron chi connectivity index (χ4n) is 2.00. The van der Waals surface area contributed by atoms with Gasteiger partial charge in [-0.05, 0) is 26.3 Å². The van der Waals surface area contributed by atoms with Crippen molar-refractivity contribution < 1.29 is 19.4 Å². The molecule has 0 aromatic heterocycles. The molecule has 1 fully saturated rings. The van der Waals surface area contributed by atoms with Gasteiger partial charge in [-0.1, -0.05) is 6.42 Å². The highest BCUT2D eigenvalue weighted by molar-refractivity contribution is 5.76. The van der Waals surface area contributed by atoms with Crippen molar-refractivity contribution in [1.82, 2.24) is 4.90 Å². The van der Waals surface area contributed by atoms with Crippen LogP contribution in [0.3, 0.4) is 0 Å². The lowest BCUT2D eigenvalue weighted by Gasteiger charge is -2.33. The number of nitrogens with zero attached hydrogens (tertiary/aromatic N) is 1. The summed E-state index contributed by atoms with van der Waals surface area (Å²) in [4.78, 5) is 24.1. The van der Waals surface area contributed by atoms with Crippen LogP contribution in [0.1, 0.15) is 32.6 Å². The third-order valence-electron chi connectivity index (χ3n) is 2.79. The Labute approximate surface area is 95.4 Å². The Morgan fingerprint density at radius 3 is 2.81 bits per heavy atom. The van der Waals surface area contributed by atoms with E-state index in [0.29, 0.717) is 13.2 Å². The first-order chi connectivity index (χ1) is 7.65. The number of aliphatic carboxylic acids is 1. The van der Waals surface area contributed by atoms with Crippen LogP contribution in [-0.4, -0.2) is 47.7 Å². The molecule has 0 aliphatic carbocycles. The molecule has 1 aliphatic rings. The lowest BCUT2D eigenvalue weighted by Crippen LogP contribution is -2.46. The normalized spacial score (nSPS) is 21.7. The standard InChI is InChI=1S/C11H19NO4/c1-2-16-11(15)9-5-3-4-7-12(9)8-6-10(13)14/h9H,2-8H2,1H3,(H,13,14). The average Bonchev–Trinajstić information content (AvgIpc) is 2.27. The minimum Gasteiger partial charge on any atom is -0.481 e. The number of piperidine rings is 1. The molecule has 16 heavy (non-hydrogen) atoms. The number of hydrogen-bond donors (Lipinski definition) is 1. The fourth-order valence-corrected chi connectivity index (χ4v) is 2.00. The summed E-state index contributed by atoms with van der Waals surface area (Å²) in [6, 6.07) is -0.243. The molecule has 0 amide bonds. The van der Waals surface area contributed by atoms with Crippen LogP contribution in [-0.2, 0) is 14.3 Å². The van der Waals surface area contributed by atoms with Gasteiger partial charge in [0.1, 0.15) is 6.04 Å². The van der Waals surface area contributed by atoms with Crippen LogP contribution in [0.5, 0.6) is 0 Å². The number of carboxylic acid groups (broad SMARTS) is 1. The Morgan fingerprint density at radius 1 is 1.44 bits per heavy atom. The number of carbonyl (C=O) groups is 2. The molecule has 0 spiro atoms. The summed E-state index contributed by atoms with van der Waals surface area (Å²) in [6.07, 6.45) is 2.89. The molecule has 0 bridgehead atoms. The molecule has 0 saturated carbocycles. The van der Waals surface area contributed by atoms with Gasteiger partial charge in [0, 0.05) is 6.54 Å². The molecule has 0 aromatic carbocycles. The molecule has 1 unspecified atom stereocenters. The lowest BCUT2D eigenvalue weighted by molar-refractivity contribution is -0.151. The number of hydrogen-bond acceptors (Lipinski definition) is 4. The molecule has 1 N–H and O–H groups in total. The van der Waals surface area contributed by atoms with Gasteiger partial charge in [-0.15, -0.1) is 0 Å². The zero-order valence-electron chi connectivity index (χ0n) is 9.65. The topological polar surface area (TPSA) is 66.8 Å². The second-order valence-electron chi connectivity index (χ2n) is 3.94. The summed E-state index contributed by atoms with van der Waals surface area (Å²) in [5, 5.41) is 8.63. The molecule has 1 atom stereocenters. The number of esters is 1. The average molecular weight is 229 g/mol. The summed E-state index contributed by atoms with van der Waals surface area (Å²) >= 11 is 0. The van der Waals surface area contributed by atoms with Gasteiger partial charge in [0.15, 0.2) is 0 Å². The SMILES string of the molecule is CCOC(=O)C1CCCCN1CCC(=O)O. The predicted molar refractivity (Wildman–Crippen MR) is 58.1 cm³/mol. The molecule has 0 aromatic rings. The van der Waals surface area contributed by atoms with E-state index in [4.69, 9.17) is 9.84 Å². The van der Waals surface area contributed by atoms with E-state index in [9.17, 15) is 9.59 Å². The van der Waals surface area contributed by atoms with E-state index in [1.54, 1.807) is 6.92 Å². The van der Waals surface area contributed by atoms with E-state index in [0.717, 1.165) is 25.8 Å². The Hall–Kier alpha value is -1.10. The fraction of sp³-hybridized carbons (Fsp3) is 0.818. The molecule has 92 valence electrons. The van der Waals surface area contributed by atoms with Crippen molar-refractivity contribution >= 4 is 11.9 Å². The quantitative estimate of drug-likeness (QED) is 0.709. The van der Waals surface area contributed by atoms with Crippen LogP contribution in [0.15, 0.2) is 0 Å². The highest BCUT2D eigenvalue weighted by Crippen LogP contribution is 2.18. The predicted octanol–water partition coefficient (Wildman–Crippen LogP) is 0.879. The zero-order valence-corrected chi connectivity index (χ0v) is 9.65. The molecular weight excluding hydrogens is 210 g/mol. The van der Waals surface area contributed by atoms with Crippen LogP contribution in [0.25, 0.3) is 0 Å². The van der Waals surface area contributed by atoms with Crippen LogP contribution in [0.4, 0.5) is 0 Å². The van der Waals surface area contributed by atoms with Crippen molar-refractivity contribution in [2.45, 2.75) is 38.6 Å². The first kappa shape index (κ1) is 13.0. The van der Waals surface area contributed by atoms with Crippen molar-refractivity contribution in [3.05, 3.63) is 0 Å². The number of likely N-dealkylation sites (tertiary alicyclic amines) is 1. The van der Waals surface area contributed by atoms with Gasteiger partial charge < -0.3 is 9.84 Å². The molecule has 0 radical (unpaired) electrons. The van der Waals surface area contributed by atoms with Gasteiger partial charge in [0.05, 0.1) is 13.0 Å². The number of rotatable bonds is 5. The maximum atomic E-state index is 11.6. The minimum absolute atomic E-state index is 0.0793. The van der Waals surface area contributed by atoms with Gasteiger partial charge in [-0.25, -0.2) is 0 Å². The van der Waals surface area contributed by atoms with E-state index in [-0.39, 0.29) is 18.4 Å². The Kier molecular flexibility index (Phi) is 5.25. The summed E-state index contributed by atoms with van der Waals surface area (Å²) < 4.78 is 4.99. The highest BCUT2D eigenvalue weighted by atomic mass is 16.5. The molecule has 5 heteroatoms. The second-order valence-corrected chi connectivity index (χ2v) is 3.94. The largest absolute Gasteiger partial charge is 0.481 e. The monoisotopic (exact) mass is 229 g/mol. The number of carbonyl (C=O) groups excluding carboxylic acids is 1. The van der Waals surface area contributed by atoms with Crippen LogP contribution in [0.2, 0.25) is 0 Å². The molecule has 1 rings (SSSR count). The van der Waals surface area contributed by atoms with Gasteiger partial charge in [-0.3, -0.25) is 14.5 Å². The van der Waals surface area contributed by atoms with Crippen molar-refractivity contribution in [3.8, 4) is 0 Å². The van der Waals surface area contributed by atoms with Gasteiger partial charge in [0.25, 0.3) is 0 Å². The molecule has 5 nitrogen and oxygen atoms in total. The van der Waals surface area contributed by atoms with Crippen LogP contribution < -0.4 is 0 Å². The van der Waals surface area contributed by atoms with Gasteiger partial charge in [-0.2, -0.15) is 0 Å². The van der Waals surface area contributed by atoms with Crippen LogP contribution in [0, 0.1) is 0 Å². The molecule has 1 saturated heterocycles. The minimum atomic E-state index is -0.826. The van der Waals surface area contributed by atoms with Gasteiger partial charge >= 0.3 is 11.9 Å². The first-order valence-corrected chi connectivity index (χ1v) is 5.77. The van der Waals surface area contributed by atoms with Gasteiger partial charge in [0.2, 0.25) is 0 Å². The van der Waals surface area contributed by atoms with E-state index in [2.05, 4.69) is 0 Å². The number of ether oxygens (including phenoxy) is 1. The van der Waals surface area contributed by atoms with Crippen molar-refractivity contribution in [3.63, 3.8) is 0 Å². The summed E-state index contributed by atoms with van der Waals surface area (Å²) in [5.74, 6) is -1.04. The Bertz CT molecular complexity index is 254. The van der Waals surface area contributed by atoms with E-state index in [1.807, 2.05) is 4.90 Å². The van der Waals surface area contributed by atoms with Crippen molar-refractivity contribution in [2.75, 3.05) is 19.7 Å². The Morgan fingerprint density at radius 2 is 2.19 bits per heavy atom. The maximum Gasteiger partial charge on any atom is 0.323 e. The third kappa shape index (κ3) is 3.81. The Balaban J connectivity index is 2.49. The molecule has 1 aliphatic heterocycles. The maximum absolute atomic E-state index is 11.6. The smallest absolute Gasteiger partial charge is 0.323 e. The van der Waals surface area contributed by atoms with E-state index in [1.165, 1.54) is 0 Å².